The lowest BCUT2D eigenvalue weighted by molar-refractivity contribution is -0.143. The normalized spacial score (nSPS) is 11.9. The van der Waals surface area contributed by atoms with Crippen LogP contribution in [-0.2, 0) is 28.6 Å². The number of allylic oxidation sites excluding steroid dienone is 2. The number of ether oxygens (including phenoxy) is 3. The number of esters is 2. The Balaban J connectivity index is 4.50. The van der Waals surface area contributed by atoms with Gasteiger partial charge in [0, 0.05) is 58.9 Å². The Morgan fingerprint density at radius 1 is 0.611 bits per heavy atom. The van der Waals surface area contributed by atoms with Gasteiger partial charge in [-0.3, -0.25) is 19.3 Å². The molecule has 0 aromatic heterocycles. The average molecular weight is 513 g/mol. The first-order chi connectivity index (χ1) is 17.3. The Morgan fingerprint density at radius 2 is 1.00 bits per heavy atom. The van der Waals surface area contributed by atoms with Gasteiger partial charge in [-0.15, -0.1) is 0 Å². The van der Waals surface area contributed by atoms with Gasteiger partial charge in [0.05, 0.1) is 12.8 Å². The molecular weight excluding hydrogens is 464 g/mol. The topological polar surface area (TPSA) is 91.9 Å². The van der Waals surface area contributed by atoms with Crippen molar-refractivity contribution in [3.8, 4) is 0 Å². The molecule has 36 heavy (non-hydrogen) atoms. The molecule has 0 aliphatic carbocycles. The Bertz CT molecular complexity index is 602. The van der Waals surface area contributed by atoms with Gasteiger partial charge in [0.1, 0.15) is 19.8 Å². The summed E-state index contributed by atoms with van der Waals surface area (Å²) in [5.74, 6) is -0.416. The highest BCUT2D eigenvalue weighted by molar-refractivity contribution is 5.71. The fourth-order valence-electron chi connectivity index (χ4n) is 3.04. The SMILES string of the molecule is C/C=C\CC(=O)OCCN(C)CCN(CCN(C)CCOC=O)CCN(C)CCOC(=O)C/C=C\C. The molecule has 0 radical (unpaired) electrons. The van der Waals surface area contributed by atoms with Gasteiger partial charge in [0.25, 0.3) is 6.47 Å². The molecular formula is C26H48N4O6. The third-order valence-electron chi connectivity index (χ3n) is 5.57. The molecule has 10 nitrogen and oxygen atoms in total. The van der Waals surface area contributed by atoms with Crippen LogP contribution in [0.5, 0.6) is 0 Å². The van der Waals surface area contributed by atoms with Crippen LogP contribution in [0.25, 0.3) is 0 Å². The van der Waals surface area contributed by atoms with E-state index < -0.39 is 0 Å². The molecule has 0 heterocycles. The van der Waals surface area contributed by atoms with Crippen molar-refractivity contribution in [2.24, 2.45) is 0 Å². The number of carbonyl (C=O) groups excluding carboxylic acids is 3. The van der Waals surface area contributed by atoms with E-state index in [9.17, 15) is 14.4 Å². The van der Waals surface area contributed by atoms with Crippen molar-refractivity contribution in [1.29, 1.82) is 0 Å². The minimum Gasteiger partial charge on any atom is -0.467 e. The maximum atomic E-state index is 11.6. The summed E-state index contributed by atoms with van der Waals surface area (Å²) >= 11 is 0. The van der Waals surface area contributed by atoms with Crippen LogP contribution in [0.2, 0.25) is 0 Å². The molecule has 0 aliphatic heterocycles. The Labute approximate surface area is 217 Å². The summed E-state index contributed by atoms with van der Waals surface area (Å²) in [4.78, 5) is 42.5. The molecule has 0 aromatic rings. The largest absolute Gasteiger partial charge is 0.467 e. The van der Waals surface area contributed by atoms with Crippen LogP contribution in [0.4, 0.5) is 0 Å². The van der Waals surface area contributed by atoms with Crippen molar-refractivity contribution in [3.05, 3.63) is 24.3 Å². The van der Waals surface area contributed by atoms with E-state index >= 15 is 0 Å². The molecule has 0 rings (SSSR count). The van der Waals surface area contributed by atoms with Gasteiger partial charge in [-0.25, -0.2) is 0 Å². The third kappa shape index (κ3) is 21.0. The zero-order valence-corrected chi connectivity index (χ0v) is 23.0. The monoisotopic (exact) mass is 512 g/mol. The van der Waals surface area contributed by atoms with Crippen molar-refractivity contribution < 1.29 is 28.6 Å². The molecule has 0 bridgehead atoms. The zero-order valence-electron chi connectivity index (χ0n) is 23.0. The average Bonchev–Trinajstić information content (AvgIpc) is 2.85. The van der Waals surface area contributed by atoms with Gasteiger partial charge in [-0.05, 0) is 35.0 Å². The lowest BCUT2D eigenvalue weighted by Crippen LogP contribution is -2.42. The molecule has 0 saturated heterocycles. The summed E-state index contributed by atoms with van der Waals surface area (Å²) in [5.41, 5.74) is 0. The first-order valence-electron chi connectivity index (χ1n) is 12.7. The van der Waals surface area contributed by atoms with E-state index in [-0.39, 0.29) is 11.9 Å². The van der Waals surface area contributed by atoms with E-state index in [1.807, 2.05) is 47.1 Å². The quantitative estimate of drug-likeness (QED) is 0.0655. The van der Waals surface area contributed by atoms with Crippen LogP contribution in [0.3, 0.4) is 0 Å². The molecule has 0 aromatic carbocycles. The molecule has 0 unspecified atom stereocenters. The molecule has 0 amide bonds. The van der Waals surface area contributed by atoms with Crippen molar-refractivity contribution in [2.75, 3.05) is 99.9 Å². The highest BCUT2D eigenvalue weighted by Crippen LogP contribution is 1.97. The summed E-state index contributed by atoms with van der Waals surface area (Å²) in [5, 5.41) is 0. The summed E-state index contributed by atoms with van der Waals surface area (Å²) in [6.07, 6.45) is 7.87. The smallest absolute Gasteiger partial charge is 0.309 e. The maximum absolute atomic E-state index is 11.6. The van der Waals surface area contributed by atoms with E-state index in [1.165, 1.54) is 0 Å². The molecule has 0 aliphatic rings. The number of hydrogen-bond donors (Lipinski definition) is 0. The molecule has 0 fully saturated rings. The second-order valence-corrected chi connectivity index (χ2v) is 8.71. The number of likely N-dealkylation sites (N-methyl/N-ethyl adjacent to an activating group) is 3. The zero-order chi connectivity index (χ0) is 27.0. The third-order valence-corrected chi connectivity index (χ3v) is 5.57. The van der Waals surface area contributed by atoms with Crippen LogP contribution < -0.4 is 0 Å². The minimum absolute atomic E-state index is 0.208. The van der Waals surface area contributed by atoms with E-state index in [0.717, 1.165) is 39.3 Å². The summed E-state index contributed by atoms with van der Waals surface area (Å²) in [6.45, 7) is 12.5. The molecule has 208 valence electrons. The van der Waals surface area contributed by atoms with Crippen molar-refractivity contribution in [1.82, 2.24) is 19.6 Å². The van der Waals surface area contributed by atoms with Crippen molar-refractivity contribution in [2.45, 2.75) is 26.7 Å². The number of hydrogen-bond acceptors (Lipinski definition) is 10. The maximum Gasteiger partial charge on any atom is 0.309 e. The summed E-state index contributed by atoms with van der Waals surface area (Å²) < 4.78 is 15.3. The fourth-order valence-corrected chi connectivity index (χ4v) is 3.04. The predicted molar refractivity (Wildman–Crippen MR) is 142 cm³/mol. The van der Waals surface area contributed by atoms with Crippen LogP contribution in [0.1, 0.15) is 26.7 Å². The van der Waals surface area contributed by atoms with Crippen LogP contribution in [0.15, 0.2) is 24.3 Å². The summed E-state index contributed by atoms with van der Waals surface area (Å²) in [7, 11) is 6.05. The number of nitrogens with zero attached hydrogens (tertiary/aromatic N) is 4. The van der Waals surface area contributed by atoms with Crippen LogP contribution in [0, 0.1) is 0 Å². The van der Waals surface area contributed by atoms with Gasteiger partial charge in [-0.2, -0.15) is 0 Å². The first kappa shape index (κ1) is 33.7. The fraction of sp³-hybridized carbons (Fsp3) is 0.731. The second kappa shape index (κ2) is 23.1. The molecule has 0 N–H and O–H groups in total. The Kier molecular flexibility index (Phi) is 21.7. The van der Waals surface area contributed by atoms with Crippen LogP contribution in [-0.4, -0.2) is 138 Å². The van der Waals surface area contributed by atoms with E-state index in [4.69, 9.17) is 14.2 Å². The molecule has 10 heteroatoms. The molecule has 0 atom stereocenters. The van der Waals surface area contributed by atoms with Crippen molar-refractivity contribution >= 4 is 18.4 Å². The van der Waals surface area contributed by atoms with Gasteiger partial charge >= 0.3 is 11.9 Å². The number of carbonyl (C=O) groups is 3. The van der Waals surface area contributed by atoms with Gasteiger partial charge in [0.15, 0.2) is 0 Å². The minimum atomic E-state index is -0.208. The number of rotatable bonds is 23. The second-order valence-electron chi connectivity index (χ2n) is 8.71. The summed E-state index contributed by atoms with van der Waals surface area (Å²) in [6, 6.07) is 0. The van der Waals surface area contributed by atoms with Gasteiger partial charge < -0.3 is 28.9 Å². The predicted octanol–water partition coefficient (Wildman–Crippen LogP) is 1.28. The lowest BCUT2D eigenvalue weighted by atomic mass is 10.3. The Morgan fingerprint density at radius 3 is 1.36 bits per heavy atom. The van der Waals surface area contributed by atoms with Gasteiger partial charge in [-0.1, -0.05) is 24.3 Å². The van der Waals surface area contributed by atoms with Crippen molar-refractivity contribution in [3.63, 3.8) is 0 Å². The first-order valence-corrected chi connectivity index (χ1v) is 12.7. The lowest BCUT2D eigenvalue weighted by Gasteiger charge is -2.29. The molecule has 0 spiro atoms. The highest BCUT2D eigenvalue weighted by atomic mass is 16.5. The van der Waals surface area contributed by atoms with E-state index in [0.29, 0.717) is 58.8 Å². The van der Waals surface area contributed by atoms with Gasteiger partial charge in [0.2, 0.25) is 0 Å². The molecule has 0 saturated carbocycles. The Hall–Kier alpha value is -2.27. The van der Waals surface area contributed by atoms with Crippen LogP contribution >= 0.6 is 0 Å². The van der Waals surface area contributed by atoms with E-state index in [1.54, 1.807) is 12.2 Å². The standard InChI is InChI=1S/C26H48N4O6/c1-6-8-10-25(32)35-22-19-28(4)13-16-30(15-12-27(3)18-21-34-24-31)17-14-29(5)20-23-36-26(33)11-9-7-2/h6-9,24H,10-23H2,1-5H3/b8-6-,9-7-. The van der Waals surface area contributed by atoms with E-state index in [2.05, 4.69) is 19.6 Å². The highest BCUT2D eigenvalue weighted by Gasteiger charge is 2.11.